The average Bonchev–Trinajstić information content (AvgIpc) is 2.33. The molecule has 0 spiro atoms. The van der Waals surface area contributed by atoms with Crippen LogP contribution in [0.3, 0.4) is 0 Å². The van der Waals surface area contributed by atoms with E-state index in [0.717, 1.165) is 31.1 Å². The van der Waals surface area contributed by atoms with E-state index < -0.39 is 0 Å². The number of hydrogen-bond donors (Lipinski definition) is 1. The fraction of sp³-hybridized carbons (Fsp3) is 0.625. The zero-order chi connectivity index (χ0) is 13.7. The first-order chi connectivity index (χ1) is 9.20. The molecule has 1 N–H and O–H groups in total. The third kappa shape index (κ3) is 4.02. The molecule has 3 heteroatoms. The van der Waals surface area contributed by atoms with Crippen molar-refractivity contribution in [2.45, 2.75) is 38.8 Å². The molecule has 0 aliphatic heterocycles. The van der Waals surface area contributed by atoms with Gasteiger partial charge in [0.15, 0.2) is 0 Å². The molecule has 2 nitrogen and oxygen atoms in total. The molecule has 2 atom stereocenters. The van der Waals surface area contributed by atoms with Gasteiger partial charge in [0.05, 0.1) is 0 Å². The summed E-state index contributed by atoms with van der Waals surface area (Å²) in [6.45, 7) is 5.26. The number of nitrogens with zero attached hydrogens (tertiary/aromatic N) is 1. The lowest BCUT2D eigenvalue weighted by atomic mass is 9.78. The fourth-order valence-electron chi connectivity index (χ4n) is 2.87. The van der Waals surface area contributed by atoms with E-state index in [-0.39, 0.29) is 5.82 Å². The van der Waals surface area contributed by atoms with Gasteiger partial charge >= 0.3 is 0 Å². The molecule has 0 amide bonds. The standard InChI is InChI=1S/C16H25FN2/c1-3-9-18-11-14-7-8-16(14)19(2)12-13-5-4-6-15(17)10-13/h4-6,10,14,16,18H,3,7-9,11-12H2,1-2H3. The first-order valence-corrected chi connectivity index (χ1v) is 7.36. The second-order valence-electron chi connectivity index (χ2n) is 5.65. The van der Waals surface area contributed by atoms with Gasteiger partial charge in [-0.15, -0.1) is 0 Å². The van der Waals surface area contributed by atoms with Crippen LogP contribution in [0, 0.1) is 11.7 Å². The highest BCUT2D eigenvalue weighted by atomic mass is 19.1. The smallest absolute Gasteiger partial charge is 0.123 e. The van der Waals surface area contributed by atoms with Crippen LogP contribution in [0.15, 0.2) is 24.3 Å². The van der Waals surface area contributed by atoms with Gasteiger partial charge in [-0.1, -0.05) is 19.1 Å². The number of benzene rings is 1. The van der Waals surface area contributed by atoms with E-state index in [4.69, 9.17) is 0 Å². The van der Waals surface area contributed by atoms with E-state index in [1.165, 1.54) is 25.3 Å². The van der Waals surface area contributed by atoms with Crippen molar-refractivity contribution in [1.29, 1.82) is 0 Å². The molecule has 1 aliphatic carbocycles. The van der Waals surface area contributed by atoms with Gasteiger partial charge in [0.2, 0.25) is 0 Å². The summed E-state index contributed by atoms with van der Waals surface area (Å²) >= 11 is 0. The van der Waals surface area contributed by atoms with Crippen LogP contribution in [0.2, 0.25) is 0 Å². The number of halogens is 1. The summed E-state index contributed by atoms with van der Waals surface area (Å²) in [5.41, 5.74) is 1.06. The molecule has 0 aromatic heterocycles. The van der Waals surface area contributed by atoms with Crippen LogP contribution in [0.25, 0.3) is 0 Å². The Morgan fingerprint density at radius 3 is 2.84 bits per heavy atom. The molecule has 2 rings (SSSR count). The second-order valence-corrected chi connectivity index (χ2v) is 5.65. The minimum absolute atomic E-state index is 0.138. The molecule has 0 radical (unpaired) electrons. The first-order valence-electron chi connectivity index (χ1n) is 7.36. The number of rotatable bonds is 7. The van der Waals surface area contributed by atoms with E-state index in [0.29, 0.717) is 6.04 Å². The molecule has 0 heterocycles. The van der Waals surface area contributed by atoms with Gasteiger partial charge < -0.3 is 5.32 Å². The van der Waals surface area contributed by atoms with Crippen molar-refractivity contribution in [3.8, 4) is 0 Å². The molecule has 2 unspecified atom stereocenters. The van der Waals surface area contributed by atoms with Gasteiger partial charge in [-0.2, -0.15) is 0 Å². The molecule has 0 bridgehead atoms. The van der Waals surface area contributed by atoms with Gasteiger partial charge in [0.25, 0.3) is 0 Å². The Morgan fingerprint density at radius 2 is 2.21 bits per heavy atom. The van der Waals surface area contributed by atoms with Crippen molar-refractivity contribution in [1.82, 2.24) is 10.2 Å². The van der Waals surface area contributed by atoms with Crippen molar-refractivity contribution >= 4 is 0 Å². The average molecular weight is 264 g/mol. The minimum atomic E-state index is -0.138. The predicted octanol–water partition coefficient (Wildman–Crippen LogP) is 3.04. The van der Waals surface area contributed by atoms with Crippen LogP contribution >= 0.6 is 0 Å². The Morgan fingerprint density at radius 1 is 1.37 bits per heavy atom. The number of nitrogens with one attached hydrogen (secondary N) is 1. The third-order valence-electron chi connectivity index (χ3n) is 4.10. The van der Waals surface area contributed by atoms with E-state index in [1.54, 1.807) is 12.1 Å². The van der Waals surface area contributed by atoms with Crippen LogP contribution in [0.1, 0.15) is 31.7 Å². The van der Waals surface area contributed by atoms with Crippen molar-refractivity contribution < 1.29 is 4.39 Å². The minimum Gasteiger partial charge on any atom is -0.316 e. The van der Waals surface area contributed by atoms with Gasteiger partial charge in [-0.05, 0) is 63.0 Å². The maximum atomic E-state index is 13.2. The maximum absolute atomic E-state index is 13.2. The molecule has 1 aromatic carbocycles. The normalized spacial score (nSPS) is 22.5. The van der Waals surface area contributed by atoms with E-state index in [1.807, 2.05) is 6.07 Å². The van der Waals surface area contributed by atoms with Crippen LogP contribution in [0.5, 0.6) is 0 Å². The Balaban J connectivity index is 1.81. The zero-order valence-corrected chi connectivity index (χ0v) is 12.0. The van der Waals surface area contributed by atoms with Crippen molar-refractivity contribution in [3.63, 3.8) is 0 Å². The van der Waals surface area contributed by atoms with Crippen LogP contribution in [0.4, 0.5) is 4.39 Å². The van der Waals surface area contributed by atoms with Gasteiger partial charge in [0.1, 0.15) is 5.82 Å². The molecular formula is C16H25FN2. The molecule has 1 aromatic rings. The summed E-state index contributed by atoms with van der Waals surface area (Å²) in [5.74, 6) is 0.616. The van der Waals surface area contributed by atoms with Crippen molar-refractivity contribution in [2.75, 3.05) is 20.1 Å². The molecule has 1 fully saturated rings. The fourth-order valence-corrected chi connectivity index (χ4v) is 2.87. The molecule has 0 saturated heterocycles. The first kappa shape index (κ1) is 14.5. The van der Waals surface area contributed by atoms with Crippen molar-refractivity contribution in [2.24, 2.45) is 5.92 Å². The quantitative estimate of drug-likeness (QED) is 0.762. The van der Waals surface area contributed by atoms with E-state index in [2.05, 4.69) is 24.2 Å². The molecule has 106 valence electrons. The third-order valence-corrected chi connectivity index (χ3v) is 4.10. The highest BCUT2D eigenvalue weighted by molar-refractivity contribution is 5.16. The Hall–Kier alpha value is -0.930. The monoisotopic (exact) mass is 264 g/mol. The van der Waals surface area contributed by atoms with Crippen LogP contribution < -0.4 is 5.32 Å². The highest BCUT2D eigenvalue weighted by Gasteiger charge is 2.33. The number of hydrogen-bond acceptors (Lipinski definition) is 2. The van der Waals surface area contributed by atoms with Gasteiger partial charge in [-0.25, -0.2) is 4.39 Å². The van der Waals surface area contributed by atoms with E-state index >= 15 is 0 Å². The summed E-state index contributed by atoms with van der Waals surface area (Å²) in [4.78, 5) is 2.37. The SMILES string of the molecule is CCCNCC1CCC1N(C)Cc1cccc(F)c1. The molecule has 1 saturated carbocycles. The molecule has 19 heavy (non-hydrogen) atoms. The van der Waals surface area contributed by atoms with E-state index in [9.17, 15) is 4.39 Å². The van der Waals surface area contributed by atoms with Gasteiger partial charge in [-0.3, -0.25) is 4.90 Å². The van der Waals surface area contributed by atoms with Gasteiger partial charge in [0, 0.05) is 12.6 Å². The predicted molar refractivity (Wildman–Crippen MR) is 77.5 cm³/mol. The Kier molecular flexibility index (Phi) is 5.34. The Bertz CT molecular complexity index is 394. The van der Waals surface area contributed by atoms with Crippen molar-refractivity contribution in [3.05, 3.63) is 35.6 Å². The largest absolute Gasteiger partial charge is 0.316 e. The summed E-state index contributed by atoms with van der Waals surface area (Å²) < 4.78 is 13.2. The van der Waals surface area contributed by atoms with Crippen LogP contribution in [-0.4, -0.2) is 31.1 Å². The molecular weight excluding hydrogens is 239 g/mol. The summed E-state index contributed by atoms with van der Waals surface area (Å²) in [6, 6.07) is 7.58. The highest BCUT2D eigenvalue weighted by Crippen LogP contribution is 2.31. The lowest BCUT2D eigenvalue weighted by Gasteiger charge is -2.43. The topological polar surface area (TPSA) is 15.3 Å². The summed E-state index contributed by atoms with van der Waals surface area (Å²) in [6.07, 6.45) is 3.77. The summed E-state index contributed by atoms with van der Waals surface area (Å²) in [5, 5.41) is 3.51. The maximum Gasteiger partial charge on any atom is 0.123 e. The summed E-state index contributed by atoms with van der Waals surface area (Å²) in [7, 11) is 2.15. The Labute approximate surface area is 116 Å². The zero-order valence-electron chi connectivity index (χ0n) is 12.0. The lowest BCUT2D eigenvalue weighted by molar-refractivity contribution is 0.0781. The lowest BCUT2D eigenvalue weighted by Crippen LogP contribution is -2.48. The second kappa shape index (κ2) is 7.01. The van der Waals surface area contributed by atoms with Crippen LogP contribution in [-0.2, 0) is 6.54 Å². The molecule has 1 aliphatic rings.